The van der Waals surface area contributed by atoms with Gasteiger partial charge in [-0.05, 0) is 0 Å². The molecule has 0 aliphatic rings. The van der Waals surface area contributed by atoms with Crippen LogP contribution in [0.5, 0.6) is 0 Å². The van der Waals surface area contributed by atoms with Crippen LogP contribution < -0.4 is 0 Å². The monoisotopic (exact) mass is 416 g/mol. The molecule has 0 aromatic rings. The quantitative estimate of drug-likeness (QED) is 0.514. The van der Waals surface area contributed by atoms with Crippen molar-refractivity contribution in [3.8, 4) is 0 Å². The summed E-state index contributed by atoms with van der Waals surface area (Å²) in [5.41, 5.74) is 0. The van der Waals surface area contributed by atoms with Gasteiger partial charge in [0.05, 0.1) is 0 Å². The Kier molecular flexibility index (Phi) is 10.0. The Morgan fingerprint density at radius 3 is 1.29 bits per heavy atom. The van der Waals surface area contributed by atoms with Gasteiger partial charge in [-0.15, -0.1) is 0 Å². The van der Waals surface area contributed by atoms with Gasteiger partial charge in [0.2, 0.25) is 0 Å². The molecule has 0 saturated carbocycles. The summed E-state index contributed by atoms with van der Waals surface area (Å²) in [6.45, 7) is 14.8. The first-order valence-electron chi connectivity index (χ1n) is 6.51. The Morgan fingerprint density at radius 1 is 0.706 bits per heavy atom. The van der Waals surface area contributed by atoms with E-state index in [1.54, 1.807) is 0 Å². The van der Waals surface area contributed by atoms with Crippen LogP contribution in [0.1, 0.15) is 41.5 Å². The summed E-state index contributed by atoms with van der Waals surface area (Å²) < 4.78 is 23.2. The SMILES string of the molecule is CC[O][Hf]([O]CC)([O]CC(C)C)[O]CC(C)C. The maximum atomic E-state index is 5.88. The van der Waals surface area contributed by atoms with Crippen molar-refractivity contribution in [2.45, 2.75) is 41.5 Å². The fourth-order valence-corrected chi connectivity index (χ4v) is 9.34. The summed E-state index contributed by atoms with van der Waals surface area (Å²) >= 11 is -3.87. The van der Waals surface area contributed by atoms with E-state index in [1.165, 1.54) is 0 Å². The topological polar surface area (TPSA) is 36.9 Å². The van der Waals surface area contributed by atoms with Gasteiger partial charge in [0.15, 0.2) is 0 Å². The molecule has 0 aliphatic carbocycles. The molecule has 0 amide bonds. The van der Waals surface area contributed by atoms with E-state index in [2.05, 4.69) is 27.7 Å². The van der Waals surface area contributed by atoms with Crippen molar-refractivity contribution >= 4 is 0 Å². The predicted molar refractivity (Wildman–Crippen MR) is 64.8 cm³/mol. The maximum absolute atomic E-state index is 5.88. The van der Waals surface area contributed by atoms with E-state index in [4.69, 9.17) is 11.4 Å². The third-order valence-corrected chi connectivity index (χ3v) is 10.2. The molecule has 0 aliphatic heterocycles. The van der Waals surface area contributed by atoms with Gasteiger partial charge in [-0.3, -0.25) is 0 Å². The van der Waals surface area contributed by atoms with E-state index in [1.807, 2.05) is 13.8 Å². The van der Waals surface area contributed by atoms with Crippen LogP contribution in [-0.2, 0) is 33.1 Å². The molecule has 0 saturated heterocycles. The summed E-state index contributed by atoms with van der Waals surface area (Å²) in [4.78, 5) is 0. The van der Waals surface area contributed by atoms with Crippen molar-refractivity contribution in [1.82, 2.24) is 0 Å². The zero-order chi connectivity index (χ0) is 13.3. The van der Waals surface area contributed by atoms with Gasteiger partial charge in [0.25, 0.3) is 0 Å². The Morgan fingerprint density at radius 2 is 1.06 bits per heavy atom. The minimum absolute atomic E-state index is 0.456. The number of rotatable bonds is 10. The van der Waals surface area contributed by atoms with Crippen molar-refractivity contribution in [2.75, 3.05) is 26.4 Å². The molecule has 0 heterocycles. The fourth-order valence-electron chi connectivity index (χ4n) is 1.14. The van der Waals surface area contributed by atoms with Crippen molar-refractivity contribution < 1.29 is 33.1 Å². The molecule has 0 radical (unpaired) electrons. The van der Waals surface area contributed by atoms with Crippen molar-refractivity contribution in [3.63, 3.8) is 0 Å². The third kappa shape index (κ3) is 8.43. The number of hydrogen-bond donors (Lipinski definition) is 0. The van der Waals surface area contributed by atoms with E-state index in [0.717, 1.165) is 0 Å². The molecule has 0 rings (SSSR count). The van der Waals surface area contributed by atoms with E-state index in [9.17, 15) is 0 Å². The zero-order valence-corrected chi connectivity index (χ0v) is 15.7. The molecule has 0 unspecified atom stereocenters. The second kappa shape index (κ2) is 9.62. The molecular weight excluding hydrogens is 387 g/mol. The molecular formula is C12H28HfO4. The van der Waals surface area contributed by atoms with Gasteiger partial charge in [-0.1, -0.05) is 0 Å². The molecule has 0 fully saturated rings. The molecule has 17 heavy (non-hydrogen) atoms. The van der Waals surface area contributed by atoms with Gasteiger partial charge < -0.3 is 0 Å². The Bertz CT molecular complexity index is 165. The molecule has 0 bridgehead atoms. The van der Waals surface area contributed by atoms with Crippen LogP contribution in [0.2, 0.25) is 0 Å². The minimum atomic E-state index is -3.87. The van der Waals surface area contributed by atoms with E-state index >= 15 is 0 Å². The molecule has 0 aromatic carbocycles. The Hall–Kier alpha value is 0.710. The third-order valence-electron chi connectivity index (χ3n) is 1.83. The molecule has 0 N–H and O–H groups in total. The normalized spacial score (nSPS) is 12.7. The van der Waals surface area contributed by atoms with Crippen LogP contribution in [-0.4, -0.2) is 26.4 Å². The second-order valence-electron chi connectivity index (χ2n) is 4.78. The van der Waals surface area contributed by atoms with E-state index < -0.39 is 21.7 Å². The first-order chi connectivity index (χ1) is 7.95. The summed E-state index contributed by atoms with van der Waals surface area (Å²) in [6.07, 6.45) is 0. The van der Waals surface area contributed by atoms with Crippen LogP contribution in [0.15, 0.2) is 0 Å². The van der Waals surface area contributed by atoms with Gasteiger partial charge in [-0.25, -0.2) is 0 Å². The average Bonchev–Trinajstić information content (AvgIpc) is 2.24. The molecule has 0 spiro atoms. The molecule has 104 valence electrons. The van der Waals surface area contributed by atoms with Crippen LogP contribution >= 0.6 is 0 Å². The van der Waals surface area contributed by atoms with Crippen LogP contribution in [0.3, 0.4) is 0 Å². The van der Waals surface area contributed by atoms with Gasteiger partial charge >= 0.3 is 113 Å². The molecule has 4 nitrogen and oxygen atoms in total. The van der Waals surface area contributed by atoms with Crippen molar-refractivity contribution in [2.24, 2.45) is 11.8 Å². The fraction of sp³-hybridized carbons (Fsp3) is 1.00. The summed E-state index contributed by atoms with van der Waals surface area (Å²) in [5.74, 6) is 0.913. The predicted octanol–water partition coefficient (Wildman–Crippen LogP) is 3.22. The van der Waals surface area contributed by atoms with Crippen molar-refractivity contribution in [3.05, 3.63) is 0 Å². The Labute approximate surface area is 113 Å². The van der Waals surface area contributed by atoms with E-state index in [0.29, 0.717) is 38.3 Å². The first kappa shape index (κ1) is 17.7. The van der Waals surface area contributed by atoms with Gasteiger partial charge in [0, 0.05) is 0 Å². The van der Waals surface area contributed by atoms with Crippen LogP contribution in [0.25, 0.3) is 0 Å². The van der Waals surface area contributed by atoms with Crippen LogP contribution in [0.4, 0.5) is 0 Å². The van der Waals surface area contributed by atoms with Gasteiger partial charge in [-0.2, -0.15) is 0 Å². The molecule has 0 aromatic heterocycles. The summed E-state index contributed by atoms with van der Waals surface area (Å²) in [6, 6.07) is 0. The zero-order valence-electron chi connectivity index (χ0n) is 12.1. The van der Waals surface area contributed by atoms with Crippen molar-refractivity contribution in [1.29, 1.82) is 0 Å². The molecule has 5 heteroatoms. The number of hydrogen-bond acceptors (Lipinski definition) is 4. The van der Waals surface area contributed by atoms with Crippen LogP contribution in [0, 0.1) is 11.8 Å². The summed E-state index contributed by atoms with van der Waals surface area (Å²) in [7, 11) is 0. The first-order valence-corrected chi connectivity index (χ1v) is 12.4. The molecule has 0 atom stereocenters. The van der Waals surface area contributed by atoms with Gasteiger partial charge in [0.1, 0.15) is 0 Å². The van der Waals surface area contributed by atoms with E-state index in [-0.39, 0.29) is 0 Å². The summed E-state index contributed by atoms with van der Waals surface area (Å²) in [5, 5.41) is 0. The standard InChI is InChI=1S/2C4H9O.2C2H5O.Hf/c2*1-4(2)3-5;2*1-2-3;/h2*4H,3H2,1-2H3;2*2H2,1H3;/q4*-1;+4. The average molecular weight is 415 g/mol. The Balaban J connectivity index is 4.47. The second-order valence-corrected chi connectivity index (χ2v) is 12.5.